The summed E-state index contributed by atoms with van der Waals surface area (Å²) in [6.45, 7) is 1.82. The first-order valence-electron chi connectivity index (χ1n) is 7.94. The standard InChI is InChI=1S/C19H22N2O2.ClH/c1-12(17(20)13-7-3-2-4-8-13)19(23)21-18-15-10-6-5-9-14(15)11-16(18)22;/h2-10,12,16-18,22H,11,20H2,1H3,(H,21,23);1H/t12?,16-,17?,18+;/m0./s1. The highest BCUT2D eigenvalue weighted by molar-refractivity contribution is 5.85. The molecule has 1 amide bonds. The molecule has 0 radical (unpaired) electrons. The van der Waals surface area contributed by atoms with Crippen LogP contribution < -0.4 is 11.1 Å². The van der Waals surface area contributed by atoms with Gasteiger partial charge in [0, 0.05) is 12.5 Å². The molecule has 0 spiro atoms. The van der Waals surface area contributed by atoms with E-state index in [9.17, 15) is 9.90 Å². The van der Waals surface area contributed by atoms with Crippen molar-refractivity contribution in [1.82, 2.24) is 5.32 Å². The Bertz CT molecular complexity index is 693. The van der Waals surface area contributed by atoms with Gasteiger partial charge in [0.1, 0.15) is 0 Å². The lowest BCUT2D eigenvalue weighted by Crippen LogP contribution is -2.40. The van der Waals surface area contributed by atoms with Crippen molar-refractivity contribution in [3.05, 3.63) is 71.3 Å². The number of nitrogens with two attached hydrogens (primary N) is 1. The van der Waals surface area contributed by atoms with E-state index in [1.54, 1.807) is 0 Å². The zero-order valence-corrected chi connectivity index (χ0v) is 14.4. The largest absolute Gasteiger partial charge is 0.390 e. The Hall–Kier alpha value is -1.88. The average Bonchev–Trinajstić information content (AvgIpc) is 2.90. The normalized spacial score (nSPS) is 21.3. The number of fused-ring (bicyclic) bond motifs is 1. The molecule has 0 bridgehead atoms. The van der Waals surface area contributed by atoms with Gasteiger partial charge in [-0.3, -0.25) is 4.79 Å². The fraction of sp³-hybridized carbons (Fsp3) is 0.316. The molecule has 2 unspecified atom stereocenters. The number of benzene rings is 2. The Morgan fingerprint density at radius 2 is 1.79 bits per heavy atom. The van der Waals surface area contributed by atoms with Crippen LogP contribution in [-0.4, -0.2) is 17.1 Å². The summed E-state index contributed by atoms with van der Waals surface area (Å²) in [7, 11) is 0. The van der Waals surface area contributed by atoms with Gasteiger partial charge in [-0.2, -0.15) is 0 Å². The van der Waals surface area contributed by atoms with E-state index in [-0.39, 0.29) is 36.3 Å². The first kappa shape index (κ1) is 18.5. The predicted molar refractivity (Wildman–Crippen MR) is 96.8 cm³/mol. The van der Waals surface area contributed by atoms with Crippen molar-refractivity contribution >= 4 is 18.3 Å². The van der Waals surface area contributed by atoms with Crippen molar-refractivity contribution in [3.8, 4) is 0 Å². The zero-order chi connectivity index (χ0) is 16.4. The number of aliphatic hydroxyl groups is 1. The maximum atomic E-state index is 12.6. The number of carbonyl (C=O) groups excluding carboxylic acids is 1. The third-order valence-corrected chi connectivity index (χ3v) is 4.64. The minimum absolute atomic E-state index is 0. The molecular weight excluding hydrogens is 324 g/mol. The molecule has 3 rings (SSSR count). The molecule has 0 saturated heterocycles. The molecule has 0 fully saturated rings. The third-order valence-electron chi connectivity index (χ3n) is 4.64. The van der Waals surface area contributed by atoms with E-state index in [1.165, 1.54) is 0 Å². The van der Waals surface area contributed by atoms with Gasteiger partial charge in [-0.05, 0) is 16.7 Å². The molecule has 1 aliphatic carbocycles. The third kappa shape index (κ3) is 3.61. The second kappa shape index (κ2) is 7.79. The van der Waals surface area contributed by atoms with E-state index in [1.807, 2.05) is 61.5 Å². The van der Waals surface area contributed by atoms with Gasteiger partial charge < -0.3 is 16.2 Å². The van der Waals surface area contributed by atoms with E-state index >= 15 is 0 Å². The molecule has 24 heavy (non-hydrogen) atoms. The summed E-state index contributed by atoms with van der Waals surface area (Å²) < 4.78 is 0. The molecule has 5 heteroatoms. The van der Waals surface area contributed by atoms with Gasteiger partial charge in [0.25, 0.3) is 0 Å². The van der Waals surface area contributed by atoms with Gasteiger partial charge in [-0.25, -0.2) is 0 Å². The number of aliphatic hydroxyl groups excluding tert-OH is 1. The Labute approximate surface area is 148 Å². The van der Waals surface area contributed by atoms with E-state index in [0.717, 1.165) is 16.7 Å². The fourth-order valence-corrected chi connectivity index (χ4v) is 3.16. The second-order valence-corrected chi connectivity index (χ2v) is 6.18. The number of amides is 1. The van der Waals surface area contributed by atoms with Crippen LogP contribution in [0.25, 0.3) is 0 Å². The minimum Gasteiger partial charge on any atom is -0.390 e. The van der Waals surface area contributed by atoms with Crippen LogP contribution in [0.3, 0.4) is 0 Å². The SMILES string of the molecule is CC(C(=O)N[C@@H]1c2ccccc2C[C@@H]1O)C(N)c1ccccc1.Cl. The summed E-state index contributed by atoms with van der Waals surface area (Å²) >= 11 is 0. The van der Waals surface area contributed by atoms with Gasteiger partial charge in [0.15, 0.2) is 0 Å². The number of hydrogen-bond donors (Lipinski definition) is 3. The average molecular weight is 347 g/mol. The van der Waals surface area contributed by atoms with E-state index in [2.05, 4.69) is 5.32 Å². The molecular formula is C19H23ClN2O2. The van der Waals surface area contributed by atoms with E-state index < -0.39 is 6.10 Å². The van der Waals surface area contributed by atoms with Crippen LogP contribution in [0.15, 0.2) is 54.6 Å². The molecule has 0 heterocycles. The summed E-state index contributed by atoms with van der Waals surface area (Å²) in [5.41, 5.74) is 9.24. The highest BCUT2D eigenvalue weighted by Crippen LogP contribution is 2.32. The van der Waals surface area contributed by atoms with Crippen LogP contribution in [0.5, 0.6) is 0 Å². The second-order valence-electron chi connectivity index (χ2n) is 6.18. The fourth-order valence-electron chi connectivity index (χ4n) is 3.16. The first-order valence-corrected chi connectivity index (χ1v) is 7.94. The highest BCUT2D eigenvalue weighted by atomic mass is 35.5. The minimum atomic E-state index is -0.587. The maximum absolute atomic E-state index is 12.6. The monoisotopic (exact) mass is 346 g/mol. The van der Waals surface area contributed by atoms with Crippen molar-refractivity contribution in [2.45, 2.75) is 31.5 Å². The molecule has 1 aliphatic rings. The quantitative estimate of drug-likeness (QED) is 0.796. The smallest absolute Gasteiger partial charge is 0.225 e. The Kier molecular flexibility index (Phi) is 5.99. The number of rotatable bonds is 4. The van der Waals surface area contributed by atoms with Gasteiger partial charge in [0.2, 0.25) is 5.91 Å². The van der Waals surface area contributed by atoms with Gasteiger partial charge in [-0.15, -0.1) is 12.4 Å². The van der Waals surface area contributed by atoms with Crippen molar-refractivity contribution in [2.24, 2.45) is 11.7 Å². The van der Waals surface area contributed by atoms with Crippen LogP contribution >= 0.6 is 12.4 Å². The summed E-state index contributed by atoms with van der Waals surface area (Å²) in [4.78, 5) is 12.6. The summed E-state index contributed by atoms with van der Waals surface area (Å²) in [5, 5.41) is 13.2. The van der Waals surface area contributed by atoms with E-state index in [4.69, 9.17) is 5.73 Å². The summed E-state index contributed by atoms with van der Waals surface area (Å²) in [6.07, 6.45) is -0.0169. The predicted octanol–water partition coefficient (Wildman–Crippen LogP) is 2.52. The number of hydrogen-bond acceptors (Lipinski definition) is 3. The molecule has 0 aromatic heterocycles. The van der Waals surface area contributed by atoms with Gasteiger partial charge in [-0.1, -0.05) is 61.5 Å². The molecule has 0 aliphatic heterocycles. The molecule has 2 aromatic rings. The zero-order valence-electron chi connectivity index (χ0n) is 13.6. The number of halogens is 1. The van der Waals surface area contributed by atoms with Crippen molar-refractivity contribution < 1.29 is 9.90 Å². The number of nitrogens with one attached hydrogen (secondary N) is 1. The van der Waals surface area contributed by atoms with Crippen LogP contribution in [0.4, 0.5) is 0 Å². The topological polar surface area (TPSA) is 75.3 Å². The highest BCUT2D eigenvalue weighted by Gasteiger charge is 2.33. The molecule has 4 atom stereocenters. The van der Waals surface area contributed by atoms with Crippen LogP contribution in [-0.2, 0) is 11.2 Å². The summed E-state index contributed by atoms with van der Waals surface area (Å²) in [6, 6.07) is 16.7. The molecule has 4 N–H and O–H groups in total. The van der Waals surface area contributed by atoms with Crippen LogP contribution in [0, 0.1) is 5.92 Å². The van der Waals surface area contributed by atoms with Crippen molar-refractivity contribution in [1.29, 1.82) is 0 Å². The van der Waals surface area contributed by atoms with Crippen molar-refractivity contribution in [3.63, 3.8) is 0 Å². The molecule has 0 saturated carbocycles. The summed E-state index contributed by atoms with van der Waals surface area (Å²) in [5.74, 6) is -0.514. The lowest BCUT2D eigenvalue weighted by atomic mass is 9.94. The first-order chi connectivity index (χ1) is 11.1. The maximum Gasteiger partial charge on any atom is 0.225 e. The molecule has 128 valence electrons. The van der Waals surface area contributed by atoms with Crippen LogP contribution in [0.1, 0.15) is 35.7 Å². The van der Waals surface area contributed by atoms with Gasteiger partial charge in [0.05, 0.1) is 18.1 Å². The Morgan fingerprint density at radius 1 is 1.17 bits per heavy atom. The lowest BCUT2D eigenvalue weighted by molar-refractivity contribution is -0.126. The Morgan fingerprint density at radius 3 is 2.50 bits per heavy atom. The lowest BCUT2D eigenvalue weighted by Gasteiger charge is -2.24. The molecule has 4 nitrogen and oxygen atoms in total. The molecule has 2 aromatic carbocycles. The van der Waals surface area contributed by atoms with Crippen molar-refractivity contribution in [2.75, 3.05) is 0 Å². The Balaban J connectivity index is 0.00000208. The van der Waals surface area contributed by atoms with E-state index in [0.29, 0.717) is 6.42 Å². The van der Waals surface area contributed by atoms with Crippen LogP contribution in [0.2, 0.25) is 0 Å². The van der Waals surface area contributed by atoms with Gasteiger partial charge >= 0.3 is 0 Å². The number of carbonyl (C=O) groups is 1.